The molecule has 3 heteroatoms. The standard InChI is InChI=1S/C14H27NO2/c1-14(2,3)17-13(16)15-11-7-10-12-8-5-4-6-9-12/h12H,4-11H2,1-3H3,(H,15,16)/i1D. The maximum absolute atomic E-state index is 11.5. The van der Waals surface area contributed by atoms with Crippen LogP contribution in [0.25, 0.3) is 0 Å². The van der Waals surface area contributed by atoms with Gasteiger partial charge in [0.25, 0.3) is 0 Å². The molecule has 1 aliphatic carbocycles. The van der Waals surface area contributed by atoms with Crippen molar-refractivity contribution in [1.29, 1.82) is 0 Å². The second kappa shape index (κ2) is 6.87. The number of hydrogen-bond acceptors (Lipinski definition) is 2. The number of hydrogen-bond donors (Lipinski definition) is 1. The Morgan fingerprint density at radius 3 is 2.76 bits per heavy atom. The van der Waals surface area contributed by atoms with Crippen molar-refractivity contribution in [2.45, 2.75) is 71.3 Å². The molecule has 1 N–H and O–H groups in total. The first kappa shape index (κ1) is 12.7. The zero-order valence-electron chi connectivity index (χ0n) is 12.3. The lowest BCUT2D eigenvalue weighted by molar-refractivity contribution is 0.0526. The zero-order chi connectivity index (χ0) is 13.4. The van der Waals surface area contributed by atoms with E-state index in [1.54, 1.807) is 13.8 Å². The molecule has 1 aliphatic rings. The van der Waals surface area contributed by atoms with Crippen molar-refractivity contribution in [3.63, 3.8) is 0 Å². The Morgan fingerprint density at radius 2 is 2.12 bits per heavy atom. The minimum absolute atomic E-state index is 0.0858. The molecule has 0 spiro atoms. The van der Waals surface area contributed by atoms with Crippen LogP contribution in [0.3, 0.4) is 0 Å². The van der Waals surface area contributed by atoms with E-state index in [9.17, 15) is 4.79 Å². The first-order valence-electron chi connectivity index (χ1n) is 7.50. The number of rotatable bonds is 4. The summed E-state index contributed by atoms with van der Waals surface area (Å²) in [5.74, 6) is 0.862. The number of carbonyl (C=O) groups excluding carboxylic acids is 1. The number of nitrogens with one attached hydrogen (secondary N) is 1. The predicted octanol–water partition coefficient (Wildman–Crippen LogP) is 3.87. The van der Waals surface area contributed by atoms with Crippen molar-refractivity contribution in [2.75, 3.05) is 6.54 Å². The van der Waals surface area contributed by atoms with Gasteiger partial charge in [0, 0.05) is 7.92 Å². The average Bonchev–Trinajstić information content (AvgIpc) is 2.35. The Morgan fingerprint density at radius 1 is 1.41 bits per heavy atom. The number of alkyl carbamates (subject to hydrolysis) is 1. The molecule has 17 heavy (non-hydrogen) atoms. The van der Waals surface area contributed by atoms with Crippen molar-refractivity contribution in [3.8, 4) is 0 Å². The number of amides is 1. The van der Waals surface area contributed by atoms with Crippen LogP contribution in [0.4, 0.5) is 4.79 Å². The maximum atomic E-state index is 11.5. The third-order valence-electron chi connectivity index (χ3n) is 3.15. The Kier molecular flexibility index (Phi) is 5.14. The third kappa shape index (κ3) is 7.24. The SMILES string of the molecule is [2H]CC(C)(C)OC(=O)NCCCC1CCCCC1. The fourth-order valence-electron chi connectivity index (χ4n) is 2.34. The van der Waals surface area contributed by atoms with Gasteiger partial charge in [0.05, 0.1) is 0 Å². The molecule has 1 saturated carbocycles. The number of ether oxygens (including phenoxy) is 1. The summed E-state index contributed by atoms with van der Waals surface area (Å²) < 4.78 is 12.4. The Labute approximate surface area is 107 Å². The van der Waals surface area contributed by atoms with E-state index in [2.05, 4.69) is 5.32 Å². The monoisotopic (exact) mass is 242 g/mol. The molecule has 0 aromatic rings. The molecule has 1 fully saturated rings. The van der Waals surface area contributed by atoms with E-state index in [1.165, 1.54) is 38.5 Å². The van der Waals surface area contributed by atoms with Crippen LogP contribution in [-0.2, 0) is 4.74 Å². The van der Waals surface area contributed by atoms with Gasteiger partial charge in [0.15, 0.2) is 0 Å². The van der Waals surface area contributed by atoms with Gasteiger partial charge in [-0.3, -0.25) is 0 Å². The van der Waals surface area contributed by atoms with E-state index in [1.807, 2.05) is 0 Å². The largest absolute Gasteiger partial charge is 0.444 e. The minimum atomic E-state index is -0.687. The first-order valence-corrected chi connectivity index (χ1v) is 6.79. The highest BCUT2D eigenvalue weighted by Gasteiger charge is 2.16. The van der Waals surface area contributed by atoms with Gasteiger partial charge in [-0.1, -0.05) is 32.1 Å². The maximum Gasteiger partial charge on any atom is 0.407 e. The highest BCUT2D eigenvalue weighted by atomic mass is 16.6. The molecule has 0 aromatic carbocycles. The average molecular weight is 242 g/mol. The predicted molar refractivity (Wildman–Crippen MR) is 70.0 cm³/mol. The Bertz CT molecular complexity index is 250. The van der Waals surface area contributed by atoms with Gasteiger partial charge in [-0.2, -0.15) is 0 Å². The van der Waals surface area contributed by atoms with Gasteiger partial charge in [-0.05, 0) is 39.5 Å². The summed E-state index contributed by atoms with van der Waals surface area (Å²) >= 11 is 0. The van der Waals surface area contributed by atoms with Crippen LogP contribution in [0, 0.1) is 5.92 Å². The van der Waals surface area contributed by atoms with E-state index in [0.29, 0.717) is 6.54 Å². The molecular weight excluding hydrogens is 214 g/mol. The van der Waals surface area contributed by atoms with Crippen LogP contribution >= 0.6 is 0 Å². The fraction of sp³-hybridized carbons (Fsp3) is 0.929. The van der Waals surface area contributed by atoms with Crippen molar-refractivity contribution < 1.29 is 10.9 Å². The molecule has 0 aromatic heterocycles. The van der Waals surface area contributed by atoms with Gasteiger partial charge < -0.3 is 10.1 Å². The van der Waals surface area contributed by atoms with E-state index < -0.39 is 11.7 Å². The van der Waals surface area contributed by atoms with Gasteiger partial charge >= 0.3 is 6.09 Å². The molecule has 0 radical (unpaired) electrons. The second-order valence-electron chi connectivity index (χ2n) is 5.72. The highest BCUT2D eigenvalue weighted by Crippen LogP contribution is 2.26. The summed E-state index contributed by atoms with van der Waals surface area (Å²) in [6, 6.07) is 0. The van der Waals surface area contributed by atoms with Crippen LogP contribution in [-0.4, -0.2) is 18.2 Å². The van der Waals surface area contributed by atoms with E-state index >= 15 is 0 Å². The molecular formula is C14H27NO2. The summed E-state index contributed by atoms with van der Waals surface area (Å²) in [6.07, 6.45) is 8.70. The van der Waals surface area contributed by atoms with Crippen molar-refractivity contribution >= 4 is 6.09 Å². The lowest BCUT2D eigenvalue weighted by Gasteiger charge is -2.22. The second-order valence-corrected chi connectivity index (χ2v) is 5.72. The topological polar surface area (TPSA) is 38.3 Å². The molecule has 100 valence electrons. The van der Waals surface area contributed by atoms with Crippen LogP contribution in [0.2, 0.25) is 0 Å². The zero-order valence-corrected chi connectivity index (χ0v) is 11.3. The van der Waals surface area contributed by atoms with Crippen LogP contribution in [0.5, 0.6) is 0 Å². The van der Waals surface area contributed by atoms with Crippen LogP contribution in [0.15, 0.2) is 0 Å². The molecule has 0 bridgehead atoms. The molecule has 0 atom stereocenters. The van der Waals surface area contributed by atoms with Gasteiger partial charge in [0.2, 0.25) is 0 Å². The Hall–Kier alpha value is -0.730. The highest BCUT2D eigenvalue weighted by molar-refractivity contribution is 5.67. The first-order chi connectivity index (χ1) is 8.53. The molecule has 3 nitrogen and oxygen atoms in total. The van der Waals surface area contributed by atoms with Crippen LogP contribution in [0.1, 0.15) is 67.1 Å². The summed E-state index contributed by atoms with van der Waals surface area (Å²) in [5.41, 5.74) is -0.687. The van der Waals surface area contributed by atoms with Crippen LogP contribution < -0.4 is 5.32 Å². The lowest BCUT2D eigenvalue weighted by Crippen LogP contribution is -2.33. The minimum Gasteiger partial charge on any atom is -0.444 e. The third-order valence-corrected chi connectivity index (χ3v) is 3.15. The van der Waals surface area contributed by atoms with Crippen molar-refractivity contribution in [2.24, 2.45) is 5.92 Å². The Balaban J connectivity index is 2.04. The number of carbonyl (C=O) groups is 1. The van der Waals surface area contributed by atoms with Gasteiger partial charge in [-0.25, -0.2) is 4.79 Å². The van der Waals surface area contributed by atoms with E-state index in [-0.39, 0.29) is 6.90 Å². The van der Waals surface area contributed by atoms with Crippen molar-refractivity contribution in [3.05, 3.63) is 0 Å². The molecule has 0 saturated heterocycles. The summed E-state index contributed by atoms with van der Waals surface area (Å²) in [7, 11) is 0. The summed E-state index contributed by atoms with van der Waals surface area (Å²) in [5, 5.41) is 2.77. The molecule has 0 aliphatic heterocycles. The molecule has 0 heterocycles. The smallest absolute Gasteiger partial charge is 0.407 e. The summed E-state index contributed by atoms with van der Waals surface area (Å²) in [4.78, 5) is 11.5. The normalized spacial score (nSPS) is 18.6. The lowest BCUT2D eigenvalue weighted by atomic mass is 9.86. The quantitative estimate of drug-likeness (QED) is 0.760. The van der Waals surface area contributed by atoms with E-state index in [4.69, 9.17) is 6.11 Å². The molecule has 0 unspecified atom stereocenters. The fourth-order valence-corrected chi connectivity index (χ4v) is 2.34. The molecule has 1 rings (SSSR count). The van der Waals surface area contributed by atoms with Gasteiger partial charge in [0.1, 0.15) is 5.60 Å². The van der Waals surface area contributed by atoms with E-state index in [0.717, 1.165) is 12.3 Å². The van der Waals surface area contributed by atoms with Crippen molar-refractivity contribution in [1.82, 2.24) is 5.32 Å². The van der Waals surface area contributed by atoms with Gasteiger partial charge in [-0.15, -0.1) is 0 Å². The molecule has 1 amide bonds. The summed E-state index contributed by atoms with van der Waals surface area (Å²) in [6.45, 7) is 4.27.